The fourth-order valence-electron chi connectivity index (χ4n) is 1.98. The Labute approximate surface area is 106 Å². The van der Waals surface area contributed by atoms with Gasteiger partial charge in [-0.15, -0.1) is 11.8 Å². The number of carbonyl (C=O) groups is 1. The topological polar surface area (TPSA) is 52.3 Å². The number of nitrogen functional groups attached to an aromatic ring is 1. The quantitative estimate of drug-likeness (QED) is 0.663. The van der Waals surface area contributed by atoms with Gasteiger partial charge in [0.15, 0.2) is 5.78 Å². The number of hydrogen-bond acceptors (Lipinski definition) is 4. The predicted molar refractivity (Wildman–Crippen MR) is 70.5 cm³/mol. The molecule has 1 aromatic rings. The van der Waals surface area contributed by atoms with Crippen LogP contribution in [0.3, 0.4) is 0 Å². The fourth-order valence-corrected chi connectivity index (χ4v) is 3.15. The second-order valence-electron chi connectivity index (χ2n) is 4.33. The number of benzene rings is 1. The molecule has 1 aliphatic rings. The van der Waals surface area contributed by atoms with E-state index in [1.54, 1.807) is 17.8 Å². The molecule has 92 valence electrons. The van der Waals surface area contributed by atoms with Gasteiger partial charge in [-0.1, -0.05) is 0 Å². The zero-order valence-electron chi connectivity index (χ0n) is 10.1. The van der Waals surface area contributed by atoms with Crippen molar-refractivity contribution in [3.05, 3.63) is 23.8 Å². The highest BCUT2D eigenvalue weighted by molar-refractivity contribution is 8.00. The minimum Gasteiger partial charge on any atom is -0.398 e. The summed E-state index contributed by atoms with van der Waals surface area (Å²) in [4.78, 5) is 12.4. The number of rotatable bonds is 3. The van der Waals surface area contributed by atoms with Crippen LogP contribution >= 0.6 is 11.8 Å². The van der Waals surface area contributed by atoms with Gasteiger partial charge < -0.3 is 10.5 Å². The summed E-state index contributed by atoms with van der Waals surface area (Å²) in [6, 6.07) is 5.65. The van der Waals surface area contributed by atoms with E-state index in [9.17, 15) is 4.79 Å². The molecule has 0 radical (unpaired) electrons. The molecule has 1 heterocycles. The first-order valence-corrected chi connectivity index (χ1v) is 6.64. The Hall–Kier alpha value is -1.00. The lowest BCUT2D eigenvalue weighted by molar-refractivity contribution is 0.101. The molecule has 0 bridgehead atoms. The molecule has 1 aromatic carbocycles. The van der Waals surface area contributed by atoms with Gasteiger partial charge in [-0.2, -0.15) is 0 Å². The van der Waals surface area contributed by atoms with Crippen LogP contribution < -0.4 is 5.73 Å². The van der Waals surface area contributed by atoms with Gasteiger partial charge >= 0.3 is 0 Å². The van der Waals surface area contributed by atoms with Crippen molar-refractivity contribution in [2.75, 3.05) is 12.3 Å². The number of carbonyl (C=O) groups excluding carboxylic acids is 1. The maximum Gasteiger partial charge on any atom is 0.161 e. The van der Waals surface area contributed by atoms with Crippen LogP contribution in [0.4, 0.5) is 5.69 Å². The zero-order chi connectivity index (χ0) is 12.4. The van der Waals surface area contributed by atoms with Gasteiger partial charge in [-0.3, -0.25) is 4.79 Å². The largest absolute Gasteiger partial charge is 0.398 e. The molecule has 0 aliphatic carbocycles. The van der Waals surface area contributed by atoms with Crippen molar-refractivity contribution in [3.63, 3.8) is 0 Å². The smallest absolute Gasteiger partial charge is 0.161 e. The van der Waals surface area contributed by atoms with E-state index in [4.69, 9.17) is 10.5 Å². The van der Waals surface area contributed by atoms with Crippen molar-refractivity contribution in [3.8, 4) is 0 Å². The number of ether oxygens (including phenoxy) is 1. The highest BCUT2D eigenvalue weighted by atomic mass is 32.2. The van der Waals surface area contributed by atoms with Gasteiger partial charge in [0.1, 0.15) is 0 Å². The van der Waals surface area contributed by atoms with Gasteiger partial charge in [0.2, 0.25) is 0 Å². The predicted octanol–water partition coefficient (Wildman–Crippen LogP) is 2.74. The van der Waals surface area contributed by atoms with Crippen LogP contribution in [0.5, 0.6) is 0 Å². The van der Waals surface area contributed by atoms with Crippen molar-refractivity contribution in [1.82, 2.24) is 0 Å². The van der Waals surface area contributed by atoms with E-state index >= 15 is 0 Å². The number of thioether (sulfide) groups is 1. The zero-order valence-corrected chi connectivity index (χ0v) is 10.9. The number of hydrogen-bond donors (Lipinski definition) is 1. The standard InChI is InChI=1S/C13H17NO2S/c1-8(15)11-4-3-10(7-12(11)14)17-13-5-6-16-9(13)2/h3-4,7,9,13H,5-6,14H2,1-2H3. The lowest BCUT2D eigenvalue weighted by Crippen LogP contribution is -2.13. The summed E-state index contributed by atoms with van der Waals surface area (Å²) in [5, 5.41) is 0.484. The van der Waals surface area contributed by atoms with Crippen LogP contribution in [-0.2, 0) is 4.74 Å². The third kappa shape index (κ3) is 2.82. The highest BCUT2D eigenvalue weighted by Gasteiger charge is 2.25. The Kier molecular flexibility index (Phi) is 3.74. The van der Waals surface area contributed by atoms with E-state index in [1.807, 2.05) is 12.1 Å². The molecule has 2 rings (SSSR count). The second kappa shape index (κ2) is 5.10. The van der Waals surface area contributed by atoms with Gasteiger partial charge in [0, 0.05) is 28.0 Å². The van der Waals surface area contributed by atoms with Gasteiger partial charge in [0.05, 0.1) is 6.10 Å². The Morgan fingerprint density at radius 1 is 1.53 bits per heavy atom. The molecule has 17 heavy (non-hydrogen) atoms. The summed E-state index contributed by atoms with van der Waals surface area (Å²) < 4.78 is 5.52. The average molecular weight is 251 g/mol. The minimum atomic E-state index is 0.0108. The number of ketones is 1. The molecule has 0 amide bonds. The summed E-state index contributed by atoms with van der Waals surface area (Å²) >= 11 is 1.78. The van der Waals surface area contributed by atoms with E-state index in [2.05, 4.69) is 6.92 Å². The van der Waals surface area contributed by atoms with Crippen molar-refractivity contribution < 1.29 is 9.53 Å². The van der Waals surface area contributed by atoms with Crippen molar-refractivity contribution in [2.45, 2.75) is 36.5 Å². The average Bonchev–Trinajstić information content (AvgIpc) is 2.64. The van der Waals surface area contributed by atoms with Crippen LogP contribution in [0.15, 0.2) is 23.1 Å². The molecule has 2 atom stereocenters. The third-order valence-corrected chi connectivity index (χ3v) is 4.44. The van der Waals surface area contributed by atoms with Crippen molar-refractivity contribution in [2.24, 2.45) is 0 Å². The van der Waals surface area contributed by atoms with Crippen LogP contribution in [0.1, 0.15) is 30.6 Å². The van der Waals surface area contributed by atoms with E-state index < -0.39 is 0 Å². The first kappa shape index (κ1) is 12.5. The van der Waals surface area contributed by atoms with E-state index in [0.29, 0.717) is 16.5 Å². The summed E-state index contributed by atoms with van der Waals surface area (Å²) in [5.74, 6) is 0.0108. The summed E-state index contributed by atoms with van der Waals surface area (Å²) in [7, 11) is 0. The van der Waals surface area contributed by atoms with Gasteiger partial charge in [-0.05, 0) is 38.5 Å². The maximum atomic E-state index is 11.3. The summed E-state index contributed by atoms with van der Waals surface area (Å²) in [5.41, 5.74) is 7.03. The van der Waals surface area contributed by atoms with E-state index in [1.165, 1.54) is 6.92 Å². The molecule has 1 saturated heterocycles. The van der Waals surface area contributed by atoms with Crippen molar-refractivity contribution in [1.29, 1.82) is 0 Å². The molecule has 2 N–H and O–H groups in total. The third-order valence-electron chi connectivity index (χ3n) is 3.00. The molecular weight excluding hydrogens is 234 g/mol. The number of nitrogens with two attached hydrogens (primary N) is 1. The van der Waals surface area contributed by atoms with Crippen LogP contribution in [0, 0.1) is 0 Å². The molecule has 3 nitrogen and oxygen atoms in total. The number of anilines is 1. The first-order chi connectivity index (χ1) is 8.08. The molecule has 0 saturated carbocycles. The molecule has 1 fully saturated rings. The lowest BCUT2D eigenvalue weighted by atomic mass is 10.1. The monoisotopic (exact) mass is 251 g/mol. The van der Waals surface area contributed by atoms with Gasteiger partial charge in [-0.25, -0.2) is 0 Å². The van der Waals surface area contributed by atoms with E-state index in [-0.39, 0.29) is 11.9 Å². The summed E-state index contributed by atoms with van der Waals surface area (Å²) in [6.07, 6.45) is 1.36. The SMILES string of the molecule is CC(=O)c1ccc(SC2CCOC2C)cc1N. The maximum absolute atomic E-state index is 11.3. The molecular formula is C13H17NO2S. The highest BCUT2D eigenvalue weighted by Crippen LogP contribution is 2.33. The van der Waals surface area contributed by atoms with Crippen molar-refractivity contribution >= 4 is 23.2 Å². The Bertz CT molecular complexity index is 433. The fraction of sp³-hybridized carbons (Fsp3) is 0.462. The normalized spacial score (nSPS) is 23.9. The Balaban J connectivity index is 2.12. The van der Waals surface area contributed by atoms with Crippen LogP contribution in [-0.4, -0.2) is 23.7 Å². The Morgan fingerprint density at radius 2 is 2.29 bits per heavy atom. The first-order valence-electron chi connectivity index (χ1n) is 5.76. The molecule has 4 heteroatoms. The molecule has 1 aliphatic heterocycles. The second-order valence-corrected chi connectivity index (χ2v) is 5.64. The Morgan fingerprint density at radius 3 is 2.82 bits per heavy atom. The lowest BCUT2D eigenvalue weighted by Gasteiger charge is -2.14. The molecule has 2 unspecified atom stereocenters. The van der Waals surface area contributed by atoms with E-state index in [0.717, 1.165) is 17.9 Å². The molecule has 0 aromatic heterocycles. The van der Waals surface area contributed by atoms with Crippen LogP contribution in [0.2, 0.25) is 0 Å². The number of Topliss-reactive ketones (excluding diaryl/α,β-unsaturated/α-hetero) is 1. The minimum absolute atomic E-state index is 0.0108. The van der Waals surface area contributed by atoms with Gasteiger partial charge in [0.25, 0.3) is 0 Å². The molecule has 0 spiro atoms. The van der Waals surface area contributed by atoms with Crippen LogP contribution in [0.25, 0.3) is 0 Å². The summed E-state index contributed by atoms with van der Waals surface area (Å²) in [6.45, 7) is 4.46.